The first kappa shape index (κ1) is 16.4. The quantitative estimate of drug-likeness (QED) is 0.782. The predicted octanol–water partition coefficient (Wildman–Crippen LogP) is 3.45. The van der Waals surface area contributed by atoms with E-state index in [0.29, 0.717) is 23.5 Å². The highest BCUT2D eigenvalue weighted by Gasteiger charge is 2.21. The first-order valence-corrected chi connectivity index (χ1v) is 7.86. The summed E-state index contributed by atoms with van der Waals surface area (Å²) in [6.07, 6.45) is 7.02. The van der Waals surface area contributed by atoms with Gasteiger partial charge in [0.15, 0.2) is 11.5 Å². The maximum atomic E-state index is 12.8. The molecule has 2 rings (SSSR count). The summed E-state index contributed by atoms with van der Waals surface area (Å²) in [5.41, 5.74) is 1.59. The number of benzene rings is 1. The number of rotatable bonds is 5. The van der Waals surface area contributed by atoms with Crippen LogP contribution in [-0.4, -0.2) is 38.1 Å². The fourth-order valence-electron chi connectivity index (χ4n) is 2.93. The zero-order chi connectivity index (χ0) is 15.9. The Morgan fingerprint density at radius 3 is 2.41 bits per heavy atom. The van der Waals surface area contributed by atoms with Gasteiger partial charge in [0.05, 0.1) is 14.2 Å². The zero-order valence-electron chi connectivity index (χ0n) is 13.6. The second kappa shape index (κ2) is 7.87. The maximum Gasteiger partial charge on any atom is 0.254 e. The zero-order valence-corrected chi connectivity index (χ0v) is 13.6. The molecule has 1 aromatic carbocycles. The van der Waals surface area contributed by atoms with Crippen molar-refractivity contribution in [2.45, 2.75) is 32.1 Å². The van der Waals surface area contributed by atoms with Crippen molar-refractivity contribution >= 4 is 5.91 Å². The first-order valence-electron chi connectivity index (χ1n) is 7.86. The van der Waals surface area contributed by atoms with Crippen LogP contribution in [0.5, 0.6) is 11.5 Å². The largest absolute Gasteiger partial charge is 0.493 e. The Bertz CT molecular complexity index is 531. The Kier molecular flexibility index (Phi) is 5.87. The number of hydrogen-bond donors (Lipinski definition) is 0. The summed E-state index contributed by atoms with van der Waals surface area (Å²) in [5, 5.41) is 0. The van der Waals surface area contributed by atoms with E-state index >= 15 is 0 Å². The molecule has 0 N–H and O–H groups in total. The lowest BCUT2D eigenvalue weighted by Crippen LogP contribution is -2.31. The smallest absolute Gasteiger partial charge is 0.254 e. The summed E-state index contributed by atoms with van der Waals surface area (Å²) >= 11 is 0. The summed E-state index contributed by atoms with van der Waals surface area (Å²) < 4.78 is 10.8. The topological polar surface area (TPSA) is 38.8 Å². The van der Waals surface area contributed by atoms with Crippen LogP contribution in [0.1, 0.15) is 41.6 Å². The molecular formula is C18H25NO3. The van der Waals surface area contributed by atoms with Crippen LogP contribution in [0.3, 0.4) is 0 Å². The van der Waals surface area contributed by atoms with E-state index in [-0.39, 0.29) is 5.91 Å². The molecule has 0 aliphatic carbocycles. The summed E-state index contributed by atoms with van der Waals surface area (Å²) in [7, 11) is 3.20. The summed E-state index contributed by atoms with van der Waals surface area (Å²) in [4.78, 5) is 14.7. The molecule has 4 nitrogen and oxygen atoms in total. The van der Waals surface area contributed by atoms with E-state index in [9.17, 15) is 4.79 Å². The molecule has 0 saturated carbocycles. The molecule has 1 saturated heterocycles. The minimum Gasteiger partial charge on any atom is -0.493 e. The minimum atomic E-state index is 0.0770. The van der Waals surface area contributed by atoms with Crippen LogP contribution in [-0.2, 0) is 6.42 Å². The van der Waals surface area contributed by atoms with Gasteiger partial charge in [-0.1, -0.05) is 18.9 Å². The average molecular weight is 303 g/mol. The third-order valence-electron chi connectivity index (χ3n) is 4.06. The standard InChI is InChI=1S/C18H25NO3/c1-4-9-14-12-15(13-16(21-2)17(14)22-3)18(20)19-10-7-5-6-8-11-19/h4,12-13H,1,5-11H2,2-3H3. The number of methoxy groups -OCH3 is 2. The molecule has 1 aliphatic heterocycles. The van der Waals surface area contributed by atoms with Crippen molar-refractivity contribution in [2.75, 3.05) is 27.3 Å². The number of hydrogen-bond acceptors (Lipinski definition) is 3. The fourth-order valence-corrected chi connectivity index (χ4v) is 2.93. The fraction of sp³-hybridized carbons (Fsp3) is 0.500. The highest BCUT2D eigenvalue weighted by atomic mass is 16.5. The lowest BCUT2D eigenvalue weighted by Gasteiger charge is -2.22. The number of ether oxygens (including phenoxy) is 2. The van der Waals surface area contributed by atoms with E-state index in [1.807, 2.05) is 11.0 Å². The van der Waals surface area contributed by atoms with Crippen molar-refractivity contribution < 1.29 is 14.3 Å². The normalized spacial score (nSPS) is 15.1. The minimum absolute atomic E-state index is 0.0770. The summed E-state index contributed by atoms with van der Waals surface area (Å²) in [5.74, 6) is 1.35. The van der Waals surface area contributed by atoms with E-state index in [1.54, 1.807) is 26.4 Å². The SMILES string of the molecule is C=CCc1cc(C(=O)N2CCCCCC2)cc(OC)c1OC. The molecular weight excluding hydrogens is 278 g/mol. The van der Waals surface area contributed by atoms with Crippen molar-refractivity contribution in [3.8, 4) is 11.5 Å². The molecule has 0 bridgehead atoms. The van der Waals surface area contributed by atoms with Gasteiger partial charge in [0.25, 0.3) is 5.91 Å². The number of carbonyl (C=O) groups is 1. The highest BCUT2D eigenvalue weighted by Crippen LogP contribution is 2.33. The molecule has 0 unspecified atom stereocenters. The Morgan fingerprint density at radius 2 is 1.86 bits per heavy atom. The Labute approximate surface area is 132 Å². The third-order valence-corrected chi connectivity index (χ3v) is 4.06. The lowest BCUT2D eigenvalue weighted by molar-refractivity contribution is 0.0761. The van der Waals surface area contributed by atoms with Gasteiger partial charge in [-0.3, -0.25) is 4.79 Å². The predicted molar refractivity (Wildman–Crippen MR) is 87.8 cm³/mol. The molecule has 1 aromatic rings. The van der Waals surface area contributed by atoms with E-state index in [4.69, 9.17) is 9.47 Å². The molecule has 0 spiro atoms. The molecule has 22 heavy (non-hydrogen) atoms. The molecule has 1 fully saturated rings. The van der Waals surface area contributed by atoms with E-state index in [0.717, 1.165) is 31.5 Å². The van der Waals surface area contributed by atoms with Crippen LogP contribution < -0.4 is 9.47 Å². The van der Waals surface area contributed by atoms with Crippen LogP contribution in [0.25, 0.3) is 0 Å². The molecule has 1 aliphatic rings. The average Bonchev–Trinajstić information content (AvgIpc) is 2.82. The van der Waals surface area contributed by atoms with Gasteiger partial charge in [-0.2, -0.15) is 0 Å². The van der Waals surface area contributed by atoms with Crippen LogP contribution in [0.4, 0.5) is 0 Å². The Balaban J connectivity index is 2.34. The van der Waals surface area contributed by atoms with Gasteiger partial charge in [-0.25, -0.2) is 0 Å². The van der Waals surface area contributed by atoms with Gasteiger partial charge in [-0.05, 0) is 31.4 Å². The second-order valence-corrected chi connectivity index (χ2v) is 5.57. The molecule has 4 heteroatoms. The molecule has 0 aromatic heterocycles. The number of nitrogens with zero attached hydrogens (tertiary/aromatic N) is 1. The van der Waals surface area contributed by atoms with Gasteiger partial charge < -0.3 is 14.4 Å². The van der Waals surface area contributed by atoms with E-state index < -0.39 is 0 Å². The van der Waals surface area contributed by atoms with Crippen molar-refractivity contribution in [1.29, 1.82) is 0 Å². The van der Waals surface area contributed by atoms with Crippen LogP contribution >= 0.6 is 0 Å². The van der Waals surface area contributed by atoms with Gasteiger partial charge in [0.2, 0.25) is 0 Å². The Hall–Kier alpha value is -1.97. The molecule has 0 radical (unpaired) electrons. The molecule has 120 valence electrons. The second-order valence-electron chi connectivity index (χ2n) is 5.57. The van der Waals surface area contributed by atoms with Gasteiger partial charge in [0.1, 0.15) is 0 Å². The number of carbonyl (C=O) groups excluding carboxylic acids is 1. The molecule has 1 heterocycles. The number of amides is 1. The van der Waals surface area contributed by atoms with Crippen molar-refractivity contribution in [3.63, 3.8) is 0 Å². The van der Waals surface area contributed by atoms with E-state index in [1.165, 1.54) is 12.8 Å². The van der Waals surface area contributed by atoms with Crippen molar-refractivity contribution in [2.24, 2.45) is 0 Å². The maximum absolute atomic E-state index is 12.8. The number of allylic oxidation sites excluding steroid dienone is 1. The number of likely N-dealkylation sites (tertiary alicyclic amines) is 1. The van der Waals surface area contributed by atoms with Crippen molar-refractivity contribution in [3.05, 3.63) is 35.9 Å². The van der Waals surface area contributed by atoms with Crippen LogP contribution in [0.2, 0.25) is 0 Å². The van der Waals surface area contributed by atoms with E-state index in [2.05, 4.69) is 6.58 Å². The first-order chi connectivity index (χ1) is 10.7. The van der Waals surface area contributed by atoms with Crippen LogP contribution in [0.15, 0.2) is 24.8 Å². The Morgan fingerprint density at radius 1 is 1.18 bits per heavy atom. The summed E-state index contributed by atoms with van der Waals surface area (Å²) in [6.45, 7) is 5.45. The monoisotopic (exact) mass is 303 g/mol. The highest BCUT2D eigenvalue weighted by molar-refractivity contribution is 5.95. The molecule has 1 amide bonds. The van der Waals surface area contributed by atoms with Gasteiger partial charge in [0, 0.05) is 24.2 Å². The third kappa shape index (κ3) is 3.62. The lowest BCUT2D eigenvalue weighted by atomic mass is 10.0. The van der Waals surface area contributed by atoms with Gasteiger partial charge in [-0.15, -0.1) is 6.58 Å². The van der Waals surface area contributed by atoms with Crippen LogP contribution in [0, 0.1) is 0 Å². The van der Waals surface area contributed by atoms with Crippen molar-refractivity contribution in [1.82, 2.24) is 4.90 Å². The van der Waals surface area contributed by atoms with Gasteiger partial charge >= 0.3 is 0 Å². The molecule has 0 atom stereocenters. The summed E-state index contributed by atoms with van der Waals surface area (Å²) in [6, 6.07) is 3.68.